The van der Waals surface area contributed by atoms with Crippen LogP contribution in [-0.4, -0.2) is 38.6 Å². The van der Waals surface area contributed by atoms with Gasteiger partial charge in [-0.25, -0.2) is 4.98 Å². The molecule has 2 N–H and O–H groups in total. The van der Waals surface area contributed by atoms with Crippen LogP contribution in [0, 0.1) is 19.8 Å². The minimum atomic E-state index is 0.0285. The van der Waals surface area contributed by atoms with Crippen molar-refractivity contribution in [3.63, 3.8) is 0 Å². The minimum absolute atomic E-state index is 0.0285. The Hall–Kier alpha value is -2.02. The van der Waals surface area contributed by atoms with Gasteiger partial charge < -0.3 is 5.73 Å². The van der Waals surface area contributed by atoms with Crippen LogP contribution in [0.25, 0.3) is 5.78 Å². The van der Waals surface area contributed by atoms with Crippen molar-refractivity contribution in [1.82, 2.24) is 19.6 Å². The number of rotatable bonds is 2. The van der Waals surface area contributed by atoms with Gasteiger partial charge in [0.25, 0.3) is 11.7 Å². The number of anilines is 1. The Morgan fingerprint density at radius 3 is 2.89 bits per heavy atom. The van der Waals surface area contributed by atoms with E-state index in [9.17, 15) is 4.79 Å². The van der Waals surface area contributed by atoms with Crippen molar-refractivity contribution >= 4 is 17.6 Å². The van der Waals surface area contributed by atoms with E-state index in [1.165, 1.54) is 0 Å². The summed E-state index contributed by atoms with van der Waals surface area (Å²) in [5.74, 6) is 1.16. The standard InChI is InChI=1S/C12H16N6O/c1-7-3-8(2)18-11(14-7)15-12(16-18)17-6-9(5-13)4-10(17)19/h3,9H,4-6,13H2,1-2H3. The first-order valence-electron chi connectivity index (χ1n) is 6.30. The highest BCUT2D eigenvalue weighted by Crippen LogP contribution is 2.22. The summed E-state index contributed by atoms with van der Waals surface area (Å²) in [6, 6.07) is 1.93. The lowest BCUT2D eigenvalue weighted by atomic mass is 10.1. The van der Waals surface area contributed by atoms with Crippen LogP contribution >= 0.6 is 0 Å². The summed E-state index contributed by atoms with van der Waals surface area (Å²) in [7, 11) is 0. The van der Waals surface area contributed by atoms with Crippen molar-refractivity contribution in [1.29, 1.82) is 0 Å². The average Bonchev–Trinajstić information content (AvgIpc) is 2.92. The van der Waals surface area contributed by atoms with Crippen molar-refractivity contribution in [2.75, 3.05) is 18.0 Å². The molecular weight excluding hydrogens is 244 g/mol. The van der Waals surface area contributed by atoms with Gasteiger partial charge in [0.1, 0.15) is 0 Å². The first kappa shape index (κ1) is 12.0. The third kappa shape index (κ3) is 1.95. The second kappa shape index (κ2) is 4.27. The van der Waals surface area contributed by atoms with Gasteiger partial charge in [0.2, 0.25) is 5.91 Å². The van der Waals surface area contributed by atoms with E-state index in [0.29, 0.717) is 31.2 Å². The molecule has 1 saturated heterocycles. The van der Waals surface area contributed by atoms with E-state index in [0.717, 1.165) is 11.4 Å². The molecule has 100 valence electrons. The third-order valence-corrected chi connectivity index (χ3v) is 3.39. The van der Waals surface area contributed by atoms with E-state index >= 15 is 0 Å². The molecule has 1 aliphatic heterocycles. The molecule has 1 amide bonds. The maximum absolute atomic E-state index is 11.9. The number of fused-ring (bicyclic) bond motifs is 1. The summed E-state index contributed by atoms with van der Waals surface area (Å²) >= 11 is 0. The number of amides is 1. The zero-order chi connectivity index (χ0) is 13.6. The smallest absolute Gasteiger partial charge is 0.254 e. The number of aryl methyl sites for hydroxylation is 2. The van der Waals surface area contributed by atoms with E-state index in [4.69, 9.17) is 5.73 Å². The predicted molar refractivity (Wildman–Crippen MR) is 69.8 cm³/mol. The molecule has 0 radical (unpaired) electrons. The number of hydrogen-bond acceptors (Lipinski definition) is 5. The summed E-state index contributed by atoms with van der Waals surface area (Å²) in [6.07, 6.45) is 0.470. The molecule has 2 aromatic rings. The Kier molecular flexibility index (Phi) is 2.70. The van der Waals surface area contributed by atoms with Crippen molar-refractivity contribution in [3.05, 3.63) is 17.5 Å². The maximum atomic E-state index is 11.9. The minimum Gasteiger partial charge on any atom is -0.330 e. The molecule has 3 heterocycles. The van der Waals surface area contributed by atoms with Gasteiger partial charge >= 0.3 is 0 Å². The zero-order valence-electron chi connectivity index (χ0n) is 11.0. The number of nitrogens with two attached hydrogens (primary N) is 1. The van der Waals surface area contributed by atoms with E-state index in [2.05, 4.69) is 15.1 Å². The predicted octanol–water partition coefficient (Wildman–Crippen LogP) is 0.0527. The molecule has 1 fully saturated rings. The van der Waals surface area contributed by atoms with Crippen LogP contribution in [0.2, 0.25) is 0 Å². The fourth-order valence-electron chi connectivity index (χ4n) is 2.40. The first-order valence-corrected chi connectivity index (χ1v) is 6.30. The van der Waals surface area contributed by atoms with E-state index in [1.54, 1.807) is 9.42 Å². The van der Waals surface area contributed by atoms with Crippen molar-refractivity contribution in [2.45, 2.75) is 20.3 Å². The summed E-state index contributed by atoms with van der Waals surface area (Å²) in [5.41, 5.74) is 7.45. The SMILES string of the molecule is Cc1cc(C)n2nc(N3CC(CN)CC3=O)nc2n1. The fraction of sp³-hybridized carbons (Fsp3) is 0.500. The van der Waals surface area contributed by atoms with E-state index in [-0.39, 0.29) is 11.8 Å². The summed E-state index contributed by atoms with van der Waals surface area (Å²) < 4.78 is 1.66. The molecule has 0 aromatic carbocycles. The molecule has 0 bridgehead atoms. The molecule has 7 heteroatoms. The van der Waals surface area contributed by atoms with E-state index in [1.807, 2.05) is 19.9 Å². The molecule has 7 nitrogen and oxygen atoms in total. The normalized spacial score (nSPS) is 19.6. The summed E-state index contributed by atoms with van der Waals surface area (Å²) in [6.45, 7) is 4.94. The van der Waals surface area contributed by atoms with Crippen molar-refractivity contribution < 1.29 is 4.79 Å². The molecule has 1 unspecified atom stereocenters. The van der Waals surface area contributed by atoms with Crippen LogP contribution in [0.3, 0.4) is 0 Å². The van der Waals surface area contributed by atoms with Crippen LogP contribution in [0.5, 0.6) is 0 Å². The lowest BCUT2D eigenvalue weighted by Crippen LogP contribution is -2.26. The number of carbonyl (C=O) groups excluding carboxylic acids is 1. The molecule has 0 spiro atoms. The molecule has 0 aliphatic carbocycles. The second-order valence-corrected chi connectivity index (χ2v) is 4.97. The fourth-order valence-corrected chi connectivity index (χ4v) is 2.40. The lowest BCUT2D eigenvalue weighted by molar-refractivity contribution is -0.117. The summed E-state index contributed by atoms with van der Waals surface area (Å²) in [5, 5.41) is 4.36. The van der Waals surface area contributed by atoms with Gasteiger partial charge in [-0.15, -0.1) is 5.10 Å². The van der Waals surface area contributed by atoms with Gasteiger partial charge in [-0.05, 0) is 32.4 Å². The van der Waals surface area contributed by atoms with Crippen LogP contribution in [0.4, 0.5) is 5.95 Å². The quantitative estimate of drug-likeness (QED) is 0.824. The Bertz CT molecular complexity index is 649. The van der Waals surface area contributed by atoms with Gasteiger partial charge in [-0.2, -0.15) is 9.50 Å². The molecule has 19 heavy (non-hydrogen) atoms. The van der Waals surface area contributed by atoms with Gasteiger partial charge in [0, 0.05) is 24.4 Å². The number of nitrogens with zero attached hydrogens (tertiary/aromatic N) is 5. The molecule has 3 rings (SSSR count). The number of aromatic nitrogens is 4. The largest absolute Gasteiger partial charge is 0.330 e. The Labute approximate surface area is 110 Å². The maximum Gasteiger partial charge on any atom is 0.254 e. The molecule has 2 aromatic heterocycles. The van der Waals surface area contributed by atoms with Crippen LogP contribution in [-0.2, 0) is 4.79 Å². The number of hydrogen-bond donors (Lipinski definition) is 1. The lowest BCUT2D eigenvalue weighted by Gasteiger charge is -2.10. The highest BCUT2D eigenvalue weighted by molar-refractivity contribution is 5.94. The van der Waals surface area contributed by atoms with Gasteiger partial charge in [0.05, 0.1) is 0 Å². The summed E-state index contributed by atoms with van der Waals surface area (Å²) in [4.78, 5) is 22.2. The van der Waals surface area contributed by atoms with Crippen molar-refractivity contribution in [2.24, 2.45) is 11.7 Å². The molecule has 0 saturated carbocycles. The molecule has 1 aliphatic rings. The Morgan fingerprint density at radius 2 is 2.21 bits per heavy atom. The topological polar surface area (TPSA) is 89.4 Å². The highest BCUT2D eigenvalue weighted by atomic mass is 16.2. The van der Waals surface area contributed by atoms with Gasteiger partial charge in [-0.1, -0.05) is 0 Å². The molecular formula is C12H16N6O. The van der Waals surface area contributed by atoms with E-state index < -0.39 is 0 Å². The van der Waals surface area contributed by atoms with Crippen LogP contribution < -0.4 is 10.6 Å². The van der Waals surface area contributed by atoms with Crippen LogP contribution in [0.1, 0.15) is 17.8 Å². The monoisotopic (exact) mass is 260 g/mol. The van der Waals surface area contributed by atoms with Crippen LogP contribution in [0.15, 0.2) is 6.07 Å². The first-order chi connectivity index (χ1) is 9.08. The van der Waals surface area contributed by atoms with Crippen molar-refractivity contribution in [3.8, 4) is 0 Å². The Balaban J connectivity index is 2.02. The zero-order valence-corrected chi connectivity index (χ0v) is 11.0. The third-order valence-electron chi connectivity index (χ3n) is 3.39. The average molecular weight is 260 g/mol. The van der Waals surface area contributed by atoms with Gasteiger partial charge in [0.15, 0.2) is 0 Å². The molecule has 1 atom stereocenters. The number of carbonyl (C=O) groups is 1. The highest BCUT2D eigenvalue weighted by Gasteiger charge is 2.32. The van der Waals surface area contributed by atoms with Gasteiger partial charge in [-0.3, -0.25) is 9.69 Å². The second-order valence-electron chi connectivity index (χ2n) is 4.97. The Morgan fingerprint density at radius 1 is 1.42 bits per heavy atom.